The van der Waals surface area contributed by atoms with Crippen molar-refractivity contribution < 1.29 is 9.59 Å². The molecule has 0 atom stereocenters. The second kappa shape index (κ2) is 11.8. The molecule has 2 aliphatic rings. The number of carbonyl (C=O) groups excluding carboxylic acids is 2. The number of nitrogens with two attached hydrogens (primary N) is 1. The molecule has 2 N–H and O–H groups in total. The lowest BCUT2D eigenvalue weighted by Gasteiger charge is -2.50. The molecule has 5 rings (SSSR count). The highest BCUT2D eigenvalue weighted by Crippen LogP contribution is 2.34. The standard InChI is InChI=1S/C32H40N6O2/c1-23-29(24(2)35-22-34-23)31(40)36-18-14-32(3,15-19-36)37-16-12-27(13-17-37)38(21-25-8-5-4-6-9-25)28-11-7-10-26(20-28)30(33)39/h4-11,20,22,27H,12-19,21H2,1-3H3,(H2,33,39). The van der Waals surface area contributed by atoms with Crippen molar-refractivity contribution in [3.63, 3.8) is 0 Å². The van der Waals surface area contributed by atoms with Gasteiger partial charge < -0.3 is 15.5 Å². The number of likely N-dealkylation sites (tertiary alicyclic amines) is 2. The molecule has 210 valence electrons. The molecule has 2 amide bonds. The van der Waals surface area contributed by atoms with Gasteiger partial charge >= 0.3 is 0 Å². The fraction of sp³-hybridized carbons (Fsp3) is 0.438. The topological polar surface area (TPSA) is 95.7 Å². The molecule has 2 saturated heterocycles. The quantitative estimate of drug-likeness (QED) is 0.479. The number of nitrogens with zero attached hydrogens (tertiary/aromatic N) is 5. The van der Waals surface area contributed by atoms with E-state index in [1.807, 2.05) is 36.9 Å². The molecule has 0 bridgehead atoms. The number of rotatable bonds is 7. The van der Waals surface area contributed by atoms with E-state index in [0.717, 1.165) is 75.5 Å². The van der Waals surface area contributed by atoms with Gasteiger partial charge in [0, 0.05) is 55.6 Å². The van der Waals surface area contributed by atoms with Gasteiger partial charge in [0.2, 0.25) is 5.91 Å². The number of piperidine rings is 2. The maximum Gasteiger partial charge on any atom is 0.257 e. The fourth-order valence-electron chi connectivity index (χ4n) is 6.33. The van der Waals surface area contributed by atoms with E-state index >= 15 is 0 Å². The Hall–Kier alpha value is -3.78. The van der Waals surface area contributed by atoms with E-state index in [2.05, 4.69) is 57.0 Å². The van der Waals surface area contributed by atoms with Gasteiger partial charge in [-0.2, -0.15) is 0 Å². The molecule has 0 aliphatic carbocycles. The number of aryl methyl sites for hydroxylation is 2. The van der Waals surface area contributed by atoms with E-state index < -0.39 is 5.91 Å². The maximum atomic E-state index is 13.3. The first-order valence-corrected chi connectivity index (χ1v) is 14.3. The van der Waals surface area contributed by atoms with Crippen molar-refractivity contribution in [3.8, 4) is 0 Å². The smallest absolute Gasteiger partial charge is 0.257 e. The third kappa shape index (κ3) is 5.87. The molecule has 40 heavy (non-hydrogen) atoms. The minimum absolute atomic E-state index is 0.0473. The summed E-state index contributed by atoms with van der Waals surface area (Å²) in [7, 11) is 0. The number of amides is 2. The Morgan fingerprint density at radius 2 is 1.60 bits per heavy atom. The Morgan fingerprint density at radius 3 is 2.23 bits per heavy atom. The Morgan fingerprint density at radius 1 is 0.950 bits per heavy atom. The molecule has 8 nitrogen and oxygen atoms in total. The second-order valence-electron chi connectivity index (χ2n) is 11.5. The van der Waals surface area contributed by atoms with Gasteiger partial charge in [-0.1, -0.05) is 36.4 Å². The molecule has 8 heteroatoms. The average Bonchev–Trinajstić information content (AvgIpc) is 2.97. The van der Waals surface area contributed by atoms with Gasteiger partial charge in [0.25, 0.3) is 5.91 Å². The van der Waals surface area contributed by atoms with Crippen LogP contribution in [0.5, 0.6) is 0 Å². The van der Waals surface area contributed by atoms with Crippen LogP contribution in [-0.2, 0) is 6.54 Å². The van der Waals surface area contributed by atoms with E-state index in [1.165, 1.54) is 11.9 Å². The maximum absolute atomic E-state index is 13.3. The van der Waals surface area contributed by atoms with Crippen LogP contribution >= 0.6 is 0 Å². The highest BCUT2D eigenvalue weighted by Gasteiger charge is 2.39. The van der Waals surface area contributed by atoms with Crippen molar-refractivity contribution in [1.82, 2.24) is 19.8 Å². The molecule has 0 unspecified atom stereocenters. The number of hydrogen-bond donors (Lipinski definition) is 1. The molecule has 0 saturated carbocycles. The molecule has 0 radical (unpaired) electrons. The predicted molar refractivity (Wildman–Crippen MR) is 157 cm³/mol. The van der Waals surface area contributed by atoms with E-state index in [0.29, 0.717) is 17.2 Å². The number of hydrogen-bond acceptors (Lipinski definition) is 6. The molecule has 2 aliphatic heterocycles. The zero-order valence-electron chi connectivity index (χ0n) is 23.8. The van der Waals surface area contributed by atoms with E-state index in [-0.39, 0.29) is 11.4 Å². The van der Waals surface area contributed by atoms with Crippen LogP contribution in [0.4, 0.5) is 5.69 Å². The van der Waals surface area contributed by atoms with Crippen LogP contribution in [0.3, 0.4) is 0 Å². The molecule has 2 aromatic carbocycles. The predicted octanol–water partition coefficient (Wildman–Crippen LogP) is 4.36. The molecule has 2 fully saturated rings. The van der Waals surface area contributed by atoms with Gasteiger partial charge in [0.15, 0.2) is 0 Å². The first kappa shape index (κ1) is 27.8. The van der Waals surface area contributed by atoms with Crippen LogP contribution in [0.15, 0.2) is 60.9 Å². The SMILES string of the molecule is Cc1ncnc(C)c1C(=O)N1CCC(C)(N2CCC(N(Cc3ccccc3)c3cccc(C(N)=O)c3)CC2)CC1. The normalized spacial score (nSPS) is 17.9. The molecule has 3 aromatic rings. The molecule has 0 spiro atoms. The highest BCUT2D eigenvalue weighted by molar-refractivity contribution is 5.96. The molecule has 3 heterocycles. The van der Waals surface area contributed by atoms with Crippen LogP contribution in [0.25, 0.3) is 0 Å². The largest absolute Gasteiger partial charge is 0.366 e. The van der Waals surface area contributed by atoms with Gasteiger partial charge in [0.05, 0.1) is 17.0 Å². The lowest BCUT2D eigenvalue weighted by Crippen LogP contribution is -2.58. The van der Waals surface area contributed by atoms with Crippen LogP contribution in [-0.4, -0.2) is 69.3 Å². The summed E-state index contributed by atoms with van der Waals surface area (Å²) >= 11 is 0. The Bertz CT molecular complexity index is 1320. The van der Waals surface area contributed by atoms with Gasteiger partial charge in [-0.05, 0) is 70.2 Å². The summed E-state index contributed by atoms with van der Waals surface area (Å²) < 4.78 is 0. The highest BCUT2D eigenvalue weighted by atomic mass is 16.2. The summed E-state index contributed by atoms with van der Waals surface area (Å²) in [6.07, 6.45) is 5.48. The molecule has 1 aromatic heterocycles. The third-order valence-electron chi connectivity index (χ3n) is 8.89. The number of carbonyl (C=O) groups is 2. The zero-order chi connectivity index (χ0) is 28.3. The molecular formula is C32H40N6O2. The monoisotopic (exact) mass is 540 g/mol. The van der Waals surface area contributed by atoms with E-state index in [9.17, 15) is 9.59 Å². The van der Waals surface area contributed by atoms with Crippen molar-refractivity contribution in [1.29, 1.82) is 0 Å². The summed E-state index contributed by atoms with van der Waals surface area (Å²) in [5, 5.41) is 0. The minimum Gasteiger partial charge on any atom is -0.366 e. The van der Waals surface area contributed by atoms with Crippen molar-refractivity contribution in [2.24, 2.45) is 5.73 Å². The van der Waals surface area contributed by atoms with Gasteiger partial charge in [0.1, 0.15) is 6.33 Å². The summed E-state index contributed by atoms with van der Waals surface area (Å²) in [5.41, 5.74) is 10.6. The van der Waals surface area contributed by atoms with E-state index in [4.69, 9.17) is 5.73 Å². The Balaban J connectivity index is 1.25. The summed E-state index contributed by atoms with van der Waals surface area (Å²) in [5.74, 6) is -0.356. The van der Waals surface area contributed by atoms with Crippen LogP contribution in [0.2, 0.25) is 0 Å². The van der Waals surface area contributed by atoms with Crippen molar-refractivity contribution in [2.45, 2.75) is 64.6 Å². The van der Waals surface area contributed by atoms with Gasteiger partial charge in [-0.25, -0.2) is 9.97 Å². The average molecular weight is 541 g/mol. The van der Waals surface area contributed by atoms with Gasteiger partial charge in [-0.15, -0.1) is 0 Å². The number of anilines is 1. The zero-order valence-corrected chi connectivity index (χ0v) is 23.8. The lowest BCUT2D eigenvalue weighted by atomic mass is 9.85. The third-order valence-corrected chi connectivity index (χ3v) is 8.89. The number of benzene rings is 2. The Kier molecular flexibility index (Phi) is 8.17. The van der Waals surface area contributed by atoms with Crippen LogP contribution in [0, 0.1) is 13.8 Å². The number of primary amides is 1. The fourth-order valence-corrected chi connectivity index (χ4v) is 6.33. The lowest BCUT2D eigenvalue weighted by molar-refractivity contribution is 0.0170. The van der Waals surface area contributed by atoms with Gasteiger partial charge in [-0.3, -0.25) is 14.5 Å². The molecular weight excluding hydrogens is 500 g/mol. The van der Waals surface area contributed by atoms with Crippen molar-refractivity contribution in [3.05, 3.63) is 89.0 Å². The first-order chi connectivity index (χ1) is 19.2. The van der Waals surface area contributed by atoms with Crippen LogP contribution < -0.4 is 10.6 Å². The Labute approximate surface area is 237 Å². The summed E-state index contributed by atoms with van der Waals surface area (Å²) in [6.45, 7) is 10.4. The summed E-state index contributed by atoms with van der Waals surface area (Å²) in [6, 6.07) is 18.5. The summed E-state index contributed by atoms with van der Waals surface area (Å²) in [4.78, 5) is 40.7. The van der Waals surface area contributed by atoms with Crippen molar-refractivity contribution in [2.75, 3.05) is 31.1 Å². The first-order valence-electron chi connectivity index (χ1n) is 14.3. The second-order valence-corrected chi connectivity index (χ2v) is 11.5. The number of aromatic nitrogens is 2. The minimum atomic E-state index is -0.404. The van der Waals surface area contributed by atoms with Crippen LogP contribution in [0.1, 0.15) is 70.3 Å². The van der Waals surface area contributed by atoms with E-state index in [1.54, 1.807) is 6.07 Å². The van der Waals surface area contributed by atoms with Crippen molar-refractivity contribution >= 4 is 17.5 Å².